The molecule has 8 heteroatoms. The number of amidine groups is 1. The van der Waals surface area contributed by atoms with Crippen LogP contribution in [0.1, 0.15) is 64.2 Å². The summed E-state index contributed by atoms with van der Waals surface area (Å²) in [6.07, 6.45) is 0. The van der Waals surface area contributed by atoms with Gasteiger partial charge in [0.1, 0.15) is 5.84 Å². The number of nitrogens with two attached hydrogens (primary N) is 1. The van der Waals surface area contributed by atoms with Gasteiger partial charge in [0.2, 0.25) is 0 Å². The van der Waals surface area contributed by atoms with E-state index in [1.807, 2.05) is 45.0 Å². The predicted molar refractivity (Wildman–Crippen MR) is 133 cm³/mol. The molecule has 0 radical (unpaired) electrons. The third kappa shape index (κ3) is 5.43. The normalized spacial score (nSPS) is 15.4. The number of carbonyl (C=O) groups excluding carboxylic acids is 2. The van der Waals surface area contributed by atoms with Crippen molar-refractivity contribution in [2.45, 2.75) is 32.2 Å². The van der Waals surface area contributed by atoms with Crippen molar-refractivity contribution in [2.75, 3.05) is 33.2 Å². The Morgan fingerprint density at radius 3 is 2.53 bits per heavy atom. The summed E-state index contributed by atoms with van der Waals surface area (Å²) in [7, 11) is 1.55. The summed E-state index contributed by atoms with van der Waals surface area (Å²) in [5, 5.41) is 15.3. The minimum absolute atomic E-state index is 0.0986. The Labute approximate surface area is 200 Å². The second kappa shape index (κ2) is 10.5. The lowest BCUT2D eigenvalue weighted by atomic mass is 9.85. The van der Waals surface area contributed by atoms with Crippen LogP contribution in [0.5, 0.6) is 0 Å². The molecule has 0 unspecified atom stereocenters. The largest absolute Gasteiger partial charge is 0.383 e. The summed E-state index contributed by atoms with van der Waals surface area (Å²) < 4.78 is 0. The maximum absolute atomic E-state index is 13.0. The number of piperazine rings is 1. The van der Waals surface area contributed by atoms with Crippen LogP contribution in [-0.2, 0) is 5.41 Å². The molecular formula is C26H32N6O2. The Hall–Kier alpha value is -3.70. The van der Waals surface area contributed by atoms with Crippen LogP contribution >= 0.6 is 0 Å². The van der Waals surface area contributed by atoms with Gasteiger partial charge in [0.15, 0.2) is 0 Å². The number of hydrogen-bond donors (Lipinski definition) is 3. The monoisotopic (exact) mass is 460 g/mol. The molecule has 178 valence electrons. The van der Waals surface area contributed by atoms with Crippen LogP contribution in [-0.4, -0.2) is 55.8 Å². The average molecular weight is 461 g/mol. The minimum atomic E-state index is -0.629. The molecular weight excluding hydrogens is 428 g/mol. The number of hydrogen-bond acceptors (Lipinski definition) is 5. The molecule has 3 rings (SSSR count). The SMILES string of the molecule is CNC(=O)c1ccc(C(=O)N2CCNCC2)cc1C(N)=N[C@H](C)c1cccc(C(C)(C)C#N)c1. The number of nitriles is 1. The highest BCUT2D eigenvalue weighted by Gasteiger charge is 2.23. The number of benzene rings is 2. The zero-order valence-corrected chi connectivity index (χ0v) is 20.2. The molecule has 1 atom stereocenters. The first-order chi connectivity index (χ1) is 16.2. The molecule has 1 fully saturated rings. The quantitative estimate of drug-likeness (QED) is 0.451. The first-order valence-electron chi connectivity index (χ1n) is 11.4. The Morgan fingerprint density at radius 2 is 1.88 bits per heavy atom. The van der Waals surface area contributed by atoms with E-state index in [9.17, 15) is 14.9 Å². The van der Waals surface area contributed by atoms with Crippen molar-refractivity contribution in [3.8, 4) is 6.07 Å². The van der Waals surface area contributed by atoms with Gasteiger partial charge in [-0.05, 0) is 50.1 Å². The second-order valence-corrected chi connectivity index (χ2v) is 8.93. The number of carbonyl (C=O) groups is 2. The lowest BCUT2D eigenvalue weighted by Crippen LogP contribution is -2.46. The molecule has 0 aromatic heterocycles. The Bertz CT molecular complexity index is 1140. The average Bonchev–Trinajstić information content (AvgIpc) is 2.87. The zero-order valence-electron chi connectivity index (χ0n) is 20.2. The Balaban J connectivity index is 1.97. The number of amides is 2. The molecule has 1 aliphatic rings. The Kier molecular flexibility index (Phi) is 7.69. The number of nitrogens with zero attached hydrogens (tertiary/aromatic N) is 3. The first kappa shape index (κ1) is 24.9. The van der Waals surface area contributed by atoms with E-state index < -0.39 is 5.41 Å². The van der Waals surface area contributed by atoms with Crippen LogP contribution in [0.2, 0.25) is 0 Å². The molecule has 1 heterocycles. The highest BCUT2D eigenvalue weighted by atomic mass is 16.2. The Morgan fingerprint density at radius 1 is 1.18 bits per heavy atom. The summed E-state index contributed by atoms with van der Waals surface area (Å²) >= 11 is 0. The molecule has 8 nitrogen and oxygen atoms in total. The number of rotatable bonds is 6. The van der Waals surface area contributed by atoms with E-state index in [4.69, 9.17) is 5.73 Å². The van der Waals surface area contributed by atoms with E-state index in [2.05, 4.69) is 21.7 Å². The number of aliphatic imine (C=N–C) groups is 1. The fraction of sp³-hybridized carbons (Fsp3) is 0.385. The van der Waals surface area contributed by atoms with Gasteiger partial charge in [-0.1, -0.05) is 24.3 Å². The van der Waals surface area contributed by atoms with Crippen LogP contribution in [0, 0.1) is 11.3 Å². The highest BCUT2D eigenvalue weighted by Crippen LogP contribution is 2.27. The van der Waals surface area contributed by atoms with Crippen molar-refractivity contribution < 1.29 is 9.59 Å². The van der Waals surface area contributed by atoms with Crippen LogP contribution in [0.25, 0.3) is 0 Å². The molecule has 1 aliphatic heterocycles. The van der Waals surface area contributed by atoms with Gasteiger partial charge in [0.25, 0.3) is 11.8 Å². The molecule has 0 spiro atoms. The maximum Gasteiger partial charge on any atom is 0.253 e. The van der Waals surface area contributed by atoms with Gasteiger partial charge in [-0.25, -0.2) is 0 Å². The topological polar surface area (TPSA) is 124 Å². The molecule has 0 bridgehead atoms. The standard InChI is InChI=1S/C26H32N6O2/c1-17(18-6-5-7-20(14-18)26(2,3)16-27)31-23(28)22-15-19(8-9-21(22)24(33)29-4)25(34)32-12-10-30-11-13-32/h5-9,14-15,17,30H,10-13H2,1-4H3,(H2,28,31)(H,29,33)/t17-/m1/s1. The third-order valence-corrected chi connectivity index (χ3v) is 6.12. The van der Waals surface area contributed by atoms with Gasteiger partial charge in [0.05, 0.1) is 23.1 Å². The van der Waals surface area contributed by atoms with E-state index in [0.717, 1.165) is 24.2 Å². The minimum Gasteiger partial charge on any atom is -0.383 e. The summed E-state index contributed by atoms with van der Waals surface area (Å²) in [6.45, 7) is 8.38. The van der Waals surface area contributed by atoms with Gasteiger partial charge in [0, 0.05) is 44.4 Å². The van der Waals surface area contributed by atoms with Crippen molar-refractivity contribution in [3.63, 3.8) is 0 Å². The van der Waals surface area contributed by atoms with E-state index >= 15 is 0 Å². The fourth-order valence-corrected chi connectivity index (χ4v) is 3.88. The molecule has 2 amide bonds. The van der Waals surface area contributed by atoms with Crippen LogP contribution < -0.4 is 16.4 Å². The van der Waals surface area contributed by atoms with Crippen molar-refractivity contribution in [1.82, 2.24) is 15.5 Å². The highest BCUT2D eigenvalue weighted by molar-refractivity contribution is 6.10. The summed E-state index contributed by atoms with van der Waals surface area (Å²) in [4.78, 5) is 32.0. The van der Waals surface area contributed by atoms with Gasteiger partial charge < -0.3 is 21.3 Å². The van der Waals surface area contributed by atoms with E-state index in [1.165, 1.54) is 0 Å². The molecule has 1 saturated heterocycles. The molecule has 2 aromatic rings. The fourth-order valence-electron chi connectivity index (χ4n) is 3.88. The van der Waals surface area contributed by atoms with Crippen LogP contribution in [0.15, 0.2) is 47.5 Å². The third-order valence-electron chi connectivity index (χ3n) is 6.12. The van der Waals surface area contributed by atoms with Crippen molar-refractivity contribution in [1.29, 1.82) is 5.26 Å². The van der Waals surface area contributed by atoms with Gasteiger partial charge in [-0.15, -0.1) is 0 Å². The molecule has 4 N–H and O–H groups in total. The van der Waals surface area contributed by atoms with Crippen LogP contribution in [0.3, 0.4) is 0 Å². The molecule has 0 saturated carbocycles. The summed E-state index contributed by atoms with van der Waals surface area (Å²) in [5.74, 6) is -0.232. The van der Waals surface area contributed by atoms with Gasteiger partial charge in [-0.3, -0.25) is 14.6 Å². The van der Waals surface area contributed by atoms with Gasteiger partial charge >= 0.3 is 0 Å². The molecule has 2 aromatic carbocycles. The lowest BCUT2D eigenvalue weighted by Gasteiger charge is -2.27. The summed E-state index contributed by atoms with van der Waals surface area (Å²) in [6, 6.07) is 14.6. The van der Waals surface area contributed by atoms with Crippen molar-refractivity contribution in [2.24, 2.45) is 10.7 Å². The maximum atomic E-state index is 13.0. The first-order valence-corrected chi connectivity index (χ1v) is 11.4. The summed E-state index contributed by atoms with van der Waals surface area (Å²) in [5.41, 5.74) is 8.81. The van der Waals surface area contributed by atoms with Gasteiger partial charge in [-0.2, -0.15) is 5.26 Å². The zero-order chi connectivity index (χ0) is 24.9. The van der Waals surface area contributed by atoms with E-state index in [0.29, 0.717) is 29.8 Å². The second-order valence-electron chi connectivity index (χ2n) is 8.93. The van der Waals surface area contributed by atoms with Crippen molar-refractivity contribution in [3.05, 3.63) is 70.3 Å². The lowest BCUT2D eigenvalue weighted by molar-refractivity contribution is 0.0735. The predicted octanol–water partition coefficient (Wildman–Crippen LogP) is 2.36. The molecule has 0 aliphatic carbocycles. The molecule has 34 heavy (non-hydrogen) atoms. The number of nitrogens with one attached hydrogen (secondary N) is 2. The van der Waals surface area contributed by atoms with Crippen molar-refractivity contribution >= 4 is 17.6 Å². The van der Waals surface area contributed by atoms with Crippen LogP contribution in [0.4, 0.5) is 0 Å². The van der Waals surface area contributed by atoms with E-state index in [-0.39, 0.29) is 23.7 Å². The van der Waals surface area contributed by atoms with E-state index in [1.54, 1.807) is 30.1 Å². The smallest absolute Gasteiger partial charge is 0.253 e.